The van der Waals surface area contributed by atoms with Crippen molar-refractivity contribution in [1.29, 1.82) is 0 Å². The van der Waals surface area contributed by atoms with Crippen molar-refractivity contribution in [3.8, 4) is 16.8 Å². The van der Waals surface area contributed by atoms with E-state index in [1.165, 1.54) is 56.3 Å². The van der Waals surface area contributed by atoms with E-state index in [0.29, 0.717) is 0 Å². The van der Waals surface area contributed by atoms with Gasteiger partial charge in [-0.2, -0.15) is 5.10 Å². The minimum atomic E-state index is 0.988. The molecule has 168 valence electrons. The molecular formula is C27H30N6. The molecule has 2 aliphatic rings. The number of hydrogen-bond donors (Lipinski definition) is 0. The van der Waals surface area contributed by atoms with Crippen LogP contribution in [0.1, 0.15) is 37.7 Å². The second kappa shape index (κ2) is 8.94. The molecule has 0 saturated carbocycles. The molecule has 1 aromatic carbocycles. The monoisotopic (exact) mass is 438 g/mol. The summed E-state index contributed by atoms with van der Waals surface area (Å²) in [6.07, 6.45) is 14.3. The van der Waals surface area contributed by atoms with Crippen LogP contribution in [0, 0.1) is 0 Å². The number of pyridine rings is 2. The van der Waals surface area contributed by atoms with Crippen LogP contribution >= 0.6 is 0 Å². The van der Waals surface area contributed by atoms with Crippen molar-refractivity contribution < 1.29 is 0 Å². The summed E-state index contributed by atoms with van der Waals surface area (Å²) in [4.78, 5) is 14.1. The van der Waals surface area contributed by atoms with Crippen LogP contribution in [0.2, 0.25) is 0 Å². The molecule has 0 amide bonds. The number of aromatic nitrogens is 4. The van der Waals surface area contributed by atoms with Crippen LogP contribution in [0.3, 0.4) is 0 Å². The molecule has 33 heavy (non-hydrogen) atoms. The van der Waals surface area contributed by atoms with Crippen LogP contribution in [0.15, 0.2) is 61.2 Å². The van der Waals surface area contributed by atoms with Crippen molar-refractivity contribution in [2.45, 2.75) is 38.6 Å². The Morgan fingerprint density at radius 1 is 0.727 bits per heavy atom. The van der Waals surface area contributed by atoms with Crippen LogP contribution in [0.25, 0.3) is 27.7 Å². The zero-order valence-electron chi connectivity index (χ0n) is 19.0. The summed E-state index contributed by atoms with van der Waals surface area (Å²) in [6.45, 7) is 5.59. The molecule has 6 rings (SSSR count). The Hall–Kier alpha value is -3.25. The highest BCUT2D eigenvalue weighted by Crippen LogP contribution is 2.27. The topological polar surface area (TPSA) is 50.1 Å². The Labute approximate surface area is 194 Å². The maximum absolute atomic E-state index is 4.70. The molecule has 4 aromatic rings. The van der Waals surface area contributed by atoms with E-state index in [1.54, 1.807) is 0 Å². The lowest BCUT2D eigenvalue weighted by atomic mass is 10.0. The molecule has 3 aromatic heterocycles. The lowest BCUT2D eigenvalue weighted by Crippen LogP contribution is -2.29. The molecule has 5 heterocycles. The third-order valence-electron chi connectivity index (χ3n) is 6.96. The molecular weight excluding hydrogens is 408 g/mol. The SMILES string of the molecule is c1ncc(-c2ccc3c(cnn3-c3ccc(N4CCCC4)nc3)c2)cc1CN1CCCCC1. The smallest absolute Gasteiger partial charge is 0.128 e. The highest BCUT2D eigenvalue weighted by Gasteiger charge is 2.15. The average Bonchev–Trinajstić information content (AvgIpc) is 3.55. The lowest BCUT2D eigenvalue weighted by Gasteiger charge is -2.26. The number of benzene rings is 1. The van der Waals surface area contributed by atoms with Gasteiger partial charge in [-0.05, 0) is 80.2 Å². The van der Waals surface area contributed by atoms with Gasteiger partial charge in [0.15, 0.2) is 0 Å². The third-order valence-corrected chi connectivity index (χ3v) is 6.96. The number of nitrogens with zero attached hydrogens (tertiary/aromatic N) is 6. The zero-order chi connectivity index (χ0) is 22.0. The van der Waals surface area contributed by atoms with Gasteiger partial charge in [0.1, 0.15) is 5.82 Å². The fourth-order valence-corrected chi connectivity index (χ4v) is 5.16. The summed E-state index contributed by atoms with van der Waals surface area (Å²) in [7, 11) is 0. The molecule has 0 spiro atoms. The summed E-state index contributed by atoms with van der Waals surface area (Å²) in [5.74, 6) is 1.06. The van der Waals surface area contributed by atoms with Crippen LogP contribution in [0.4, 0.5) is 5.82 Å². The molecule has 0 bridgehead atoms. The standard InChI is InChI=1S/C27H30N6/c1-2-10-31(11-3-1)20-21-14-23(17-28-16-21)22-6-8-26-24(15-22)18-30-33(26)25-7-9-27(29-19-25)32-12-4-5-13-32/h6-9,14-19H,1-5,10-13,20H2. The highest BCUT2D eigenvalue weighted by atomic mass is 15.3. The van der Waals surface area contributed by atoms with Crippen molar-refractivity contribution in [1.82, 2.24) is 24.6 Å². The van der Waals surface area contributed by atoms with E-state index in [9.17, 15) is 0 Å². The van der Waals surface area contributed by atoms with Crippen molar-refractivity contribution >= 4 is 16.7 Å². The third kappa shape index (κ3) is 4.23. The first-order valence-corrected chi connectivity index (χ1v) is 12.2. The van der Waals surface area contributed by atoms with Gasteiger partial charge in [-0.25, -0.2) is 9.67 Å². The number of likely N-dealkylation sites (tertiary alicyclic amines) is 1. The quantitative estimate of drug-likeness (QED) is 0.435. The van der Waals surface area contributed by atoms with E-state index in [-0.39, 0.29) is 0 Å². The van der Waals surface area contributed by atoms with E-state index in [1.807, 2.05) is 29.5 Å². The highest BCUT2D eigenvalue weighted by molar-refractivity contribution is 5.85. The van der Waals surface area contributed by atoms with Crippen LogP contribution in [0.5, 0.6) is 0 Å². The fraction of sp³-hybridized carbons (Fsp3) is 0.370. The first-order valence-electron chi connectivity index (χ1n) is 12.2. The Balaban J connectivity index is 1.24. The van der Waals surface area contributed by atoms with Gasteiger partial charge in [0.05, 0.1) is 23.6 Å². The normalized spacial score (nSPS) is 17.2. The van der Waals surface area contributed by atoms with Gasteiger partial charge in [0, 0.05) is 43.0 Å². The summed E-state index contributed by atoms with van der Waals surface area (Å²) in [5.41, 5.74) is 5.71. The van der Waals surface area contributed by atoms with Gasteiger partial charge in [-0.15, -0.1) is 0 Å². The number of rotatable bonds is 5. The summed E-state index contributed by atoms with van der Waals surface area (Å²) < 4.78 is 1.98. The zero-order valence-corrected chi connectivity index (χ0v) is 19.0. The second-order valence-electron chi connectivity index (χ2n) is 9.32. The van der Waals surface area contributed by atoms with E-state index >= 15 is 0 Å². The van der Waals surface area contributed by atoms with E-state index in [0.717, 1.165) is 47.6 Å². The summed E-state index contributed by atoms with van der Waals surface area (Å²) >= 11 is 0. The minimum Gasteiger partial charge on any atom is -0.357 e. The fourth-order valence-electron chi connectivity index (χ4n) is 5.16. The molecule has 0 aliphatic carbocycles. The number of fused-ring (bicyclic) bond motifs is 1. The second-order valence-corrected chi connectivity index (χ2v) is 9.32. The molecule has 0 unspecified atom stereocenters. The van der Waals surface area contributed by atoms with Gasteiger partial charge in [-0.3, -0.25) is 9.88 Å². The number of piperidine rings is 1. The molecule has 0 radical (unpaired) electrons. The number of anilines is 1. The number of hydrogen-bond acceptors (Lipinski definition) is 5. The maximum Gasteiger partial charge on any atom is 0.128 e. The van der Waals surface area contributed by atoms with Crippen LogP contribution in [-0.2, 0) is 6.54 Å². The molecule has 6 heteroatoms. The van der Waals surface area contributed by atoms with Gasteiger partial charge >= 0.3 is 0 Å². The van der Waals surface area contributed by atoms with Crippen molar-refractivity contribution in [2.75, 3.05) is 31.1 Å². The first kappa shape index (κ1) is 20.4. The predicted octanol–water partition coefficient (Wildman–Crippen LogP) is 5.07. The van der Waals surface area contributed by atoms with Crippen LogP contribution in [-0.4, -0.2) is 50.8 Å². The van der Waals surface area contributed by atoms with Crippen molar-refractivity contribution in [2.24, 2.45) is 0 Å². The molecule has 2 aliphatic heterocycles. The Kier molecular flexibility index (Phi) is 5.52. The van der Waals surface area contributed by atoms with Gasteiger partial charge in [-0.1, -0.05) is 12.5 Å². The Morgan fingerprint density at radius 3 is 2.39 bits per heavy atom. The maximum atomic E-state index is 4.70. The molecule has 0 atom stereocenters. The Bertz CT molecular complexity index is 1230. The Morgan fingerprint density at radius 2 is 1.58 bits per heavy atom. The van der Waals surface area contributed by atoms with Gasteiger partial charge < -0.3 is 4.90 Å². The van der Waals surface area contributed by atoms with E-state index in [4.69, 9.17) is 4.98 Å². The molecule has 6 nitrogen and oxygen atoms in total. The van der Waals surface area contributed by atoms with Gasteiger partial charge in [0.2, 0.25) is 0 Å². The first-order chi connectivity index (χ1) is 16.3. The van der Waals surface area contributed by atoms with Crippen molar-refractivity contribution in [3.63, 3.8) is 0 Å². The average molecular weight is 439 g/mol. The molecule has 2 saturated heterocycles. The van der Waals surface area contributed by atoms with Gasteiger partial charge in [0.25, 0.3) is 0 Å². The van der Waals surface area contributed by atoms with E-state index in [2.05, 4.69) is 56.3 Å². The molecule has 2 fully saturated rings. The van der Waals surface area contributed by atoms with Crippen molar-refractivity contribution in [3.05, 3.63) is 66.7 Å². The van der Waals surface area contributed by atoms with E-state index < -0.39 is 0 Å². The largest absolute Gasteiger partial charge is 0.357 e. The molecule has 0 N–H and O–H groups in total. The van der Waals surface area contributed by atoms with Crippen LogP contribution < -0.4 is 4.90 Å². The predicted molar refractivity (Wildman–Crippen MR) is 133 cm³/mol. The summed E-state index contributed by atoms with van der Waals surface area (Å²) in [6, 6.07) is 13.1. The lowest BCUT2D eigenvalue weighted by molar-refractivity contribution is 0.220. The summed E-state index contributed by atoms with van der Waals surface area (Å²) in [5, 5.41) is 5.79. The minimum absolute atomic E-state index is 0.988.